The van der Waals surface area contributed by atoms with Crippen molar-refractivity contribution in [2.24, 2.45) is 23.5 Å². The fourth-order valence-corrected chi connectivity index (χ4v) is 6.33. The Hall–Kier alpha value is -1.63. The van der Waals surface area contributed by atoms with Crippen LogP contribution >= 0.6 is 0 Å². The number of hydrogen-bond acceptors (Lipinski definition) is 4. The Kier molecular flexibility index (Phi) is 6.66. The first-order valence-electron chi connectivity index (χ1n) is 11.2. The van der Waals surface area contributed by atoms with E-state index in [9.17, 15) is 8.42 Å². The van der Waals surface area contributed by atoms with E-state index in [1.54, 1.807) is 10.6 Å². The zero-order chi connectivity index (χ0) is 21.1. The maximum absolute atomic E-state index is 11.8. The molecule has 0 radical (unpaired) electrons. The lowest BCUT2D eigenvalue weighted by Gasteiger charge is -2.36. The lowest BCUT2D eigenvalue weighted by molar-refractivity contribution is 0.188. The van der Waals surface area contributed by atoms with Crippen molar-refractivity contribution >= 4 is 10.0 Å². The molecular weight excluding hydrogens is 396 g/mol. The fourth-order valence-electron chi connectivity index (χ4n) is 5.46. The highest BCUT2D eigenvalue weighted by Gasteiger charge is 2.31. The largest absolute Gasteiger partial charge is 0.472 e. The molecule has 0 spiro atoms. The van der Waals surface area contributed by atoms with E-state index in [2.05, 4.69) is 18.2 Å². The van der Waals surface area contributed by atoms with Crippen molar-refractivity contribution in [2.45, 2.75) is 44.9 Å². The smallest absolute Gasteiger partial charge is 0.211 e. The lowest BCUT2D eigenvalue weighted by Crippen LogP contribution is -2.38. The molecule has 2 N–H and O–H groups in total. The highest BCUT2D eigenvalue weighted by molar-refractivity contribution is 7.88. The lowest BCUT2D eigenvalue weighted by atomic mass is 9.71. The van der Waals surface area contributed by atoms with Gasteiger partial charge in [-0.2, -0.15) is 0 Å². The summed E-state index contributed by atoms with van der Waals surface area (Å²) in [5.41, 5.74) is 11.3. The molecule has 0 bridgehead atoms. The zero-order valence-corrected chi connectivity index (χ0v) is 18.7. The molecule has 30 heavy (non-hydrogen) atoms. The van der Waals surface area contributed by atoms with Crippen molar-refractivity contribution < 1.29 is 12.8 Å². The van der Waals surface area contributed by atoms with Crippen molar-refractivity contribution in [1.29, 1.82) is 0 Å². The number of aryl methyl sites for hydroxylation is 1. The molecule has 1 fully saturated rings. The van der Waals surface area contributed by atoms with Crippen LogP contribution in [-0.2, 0) is 22.9 Å². The third kappa shape index (κ3) is 4.98. The van der Waals surface area contributed by atoms with Gasteiger partial charge in [-0.1, -0.05) is 18.2 Å². The van der Waals surface area contributed by atoms with Gasteiger partial charge in [-0.25, -0.2) is 12.7 Å². The molecule has 2 heterocycles. The van der Waals surface area contributed by atoms with Gasteiger partial charge in [0.2, 0.25) is 10.0 Å². The molecule has 2 aromatic rings. The Morgan fingerprint density at radius 3 is 2.60 bits per heavy atom. The van der Waals surface area contributed by atoms with E-state index in [0.29, 0.717) is 30.8 Å². The van der Waals surface area contributed by atoms with Crippen LogP contribution in [0.4, 0.5) is 0 Å². The molecule has 5 nitrogen and oxygen atoms in total. The molecule has 6 heteroatoms. The summed E-state index contributed by atoms with van der Waals surface area (Å²) in [6.07, 6.45) is 12.5. The van der Waals surface area contributed by atoms with Crippen molar-refractivity contribution in [3.05, 3.63) is 47.9 Å². The number of fused-ring (bicyclic) bond motifs is 1. The molecule has 1 aromatic carbocycles. The highest BCUT2D eigenvalue weighted by Crippen LogP contribution is 2.38. The molecule has 1 aliphatic carbocycles. The van der Waals surface area contributed by atoms with Crippen LogP contribution in [0.25, 0.3) is 11.1 Å². The average Bonchev–Trinajstić information content (AvgIpc) is 3.27. The molecule has 164 valence electrons. The molecule has 1 aliphatic heterocycles. The Morgan fingerprint density at radius 1 is 1.13 bits per heavy atom. The van der Waals surface area contributed by atoms with Gasteiger partial charge in [0.25, 0.3) is 0 Å². The van der Waals surface area contributed by atoms with Crippen LogP contribution in [-0.4, -0.2) is 38.6 Å². The van der Waals surface area contributed by atoms with Crippen LogP contribution in [0.1, 0.15) is 43.2 Å². The second-order valence-electron chi connectivity index (χ2n) is 9.18. The van der Waals surface area contributed by atoms with Gasteiger partial charge in [-0.05, 0) is 92.0 Å². The maximum Gasteiger partial charge on any atom is 0.211 e. The predicted octanol–water partition coefficient (Wildman–Crippen LogP) is 4.08. The summed E-state index contributed by atoms with van der Waals surface area (Å²) < 4.78 is 30.5. The van der Waals surface area contributed by atoms with Crippen LogP contribution in [0.3, 0.4) is 0 Å². The van der Waals surface area contributed by atoms with Gasteiger partial charge >= 0.3 is 0 Å². The number of furan rings is 1. The highest BCUT2D eigenvalue weighted by atomic mass is 32.2. The summed E-state index contributed by atoms with van der Waals surface area (Å²) in [4.78, 5) is 0. The van der Waals surface area contributed by atoms with Crippen LogP contribution in [0.15, 0.2) is 41.2 Å². The minimum absolute atomic E-state index is 0.609. The SMILES string of the molecule is CS(=O)(=O)N1CCC(CC(CCN)C2CCc3ccc(-c4ccoc4)cc3C2)CC1. The standard InChI is InChI=1S/C24H34N2O3S/c1-30(27,28)26-11-7-18(8-12-26)14-22(6-10-25)20-4-2-19-3-5-21(16-24(19)15-20)23-9-13-29-17-23/h3,5,9,13,16-18,20,22H,2,4,6-8,10-12,14-15,25H2,1H3. The molecule has 4 rings (SSSR count). The molecule has 1 aromatic heterocycles. The van der Waals surface area contributed by atoms with E-state index in [4.69, 9.17) is 10.2 Å². The minimum Gasteiger partial charge on any atom is -0.472 e. The van der Waals surface area contributed by atoms with Crippen molar-refractivity contribution in [3.8, 4) is 11.1 Å². The van der Waals surface area contributed by atoms with Gasteiger partial charge in [-0.3, -0.25) is 0 Å². The first-order valence-corrected chi connectivity index (χ1v) is 13.1. The number of sulfonamides is 1. The van der Waals surface area contributed by atoms with E-state index < -0.39 is 10.0 Å². The molecule has 1 saturated heterocycles. The second-order valence-corrected chi connectivity index (χ2v) is 11.2. The summed E-state index contributed by atoms with van der Waals surface area (Å²) in [6, 6.07) is 8.85. The molecule has 0 saturated carbocycles. The van der Waals surface area contributed by atoms with Gasteiger partial charge in [0.1, 0.15) is 0 Å². The Bertz CT molecular complexity index is 931. The third-order valence-electron chi connectivity index (χ3n) is 7.21. The number of nitrogens with two attached hydrogens (primary N) is 1. The maximum atomic E-state index is 11.8. The fraction of sp³-hybridized carbons (Fsp3) is 0.583. The summed E-state index contributed by atoms with van der Waals surface area (Å²) >= 11 is 0. The Labute approximate surface area is 180 Å². The zero-order valence-electron chi connectivity index (χ0n) is 17.9. The van der Waals surface area contributed by atoms with E-state index in [1.165, 1.54) is 35.8 Å². The molecular formula is C24H34N2O3S. The van der Waals surface area contributed by atoms with Crippen LogP contribution in [0.5, 0.6) is 0 Å². The third-order valence-corrected chi connectivity index (χ3v) is 8.51. The predicted molar refractivity (Wildman–Crippen MR) is 121 cm³/mol. The van der Waals surface area contributed by atoms with Crippen molar-refractivity contribution in [1.82, 2.24) is 4.31 Å². The number of hydrogen-bond donors (Lipinski definition) is 1. The quantitative estimate of drug-likeness (QED) is 0.718. The van der Waals surface area contributed by atoms with Gasteiger partial charge in [0.05, 0.1) is 18.8 Å². The van der Waals surface area contributed by atoms with Crippen LogP contribution in [0.2, 0.25) is 0 Å². The minimum atomic E-state index is -3.06. The average molecular weight is 431 g/mol. The first kappa shape index (κ1) is 21.6. The van der Waals surface area contributed by atoms with Gasteiger partial charge in [-0.15, -0.1) is 0 Å². The summed E-state index contributed by atoms with van der Waals surface area (Å²) in [5, 5.41) is 0. The number of rotatable bonds is 7. The van der Waals surface area contributed by atoms with Gasteiger partial charge < -0.3 is 10.2 Å². The summed E-state index contributed by atoms with van der Waals surface area (Å²) in [7, 11) is -3.06. The van der Waals surface area contributed by atoms with E-state index >= 15 is 0 Å². The molecule has 2 atom stereocenters. The van der Waals surface area contributed by atoms with E-state index in [1.807, 2.05) is 12.3 Å². The number of benzene rings is 1. The van der Waals surface area contributed by atoms with Gasteiger partial charge in [0, 0.05) is 18.7 Å². The topological polar surface area (TPSA) is 76.5 Å². The Morgan fingerprint density at radius 2 is 1.93 bits per heavy atom. The number of nitrogens with zero attached hydrogens (tertiary/aromatic N) is 1. The summed E-state index contributed by atoms with van der Waals surface area (Å²) in [6.45, 7) is 2.06. The van der Waals surface area contributed by atoms with Gasteiger partial charge in [0.15, 0.2) is 0 Å². The monoisotopic (exact) mass is 430 g/mol. The van der Waals surface area contributed by atoms with Crippen molar-refractivity contribution in [2.75, 3.05) is 25.9 Å². The first-order chi connectivity index (χ1) is 14.4. The van der Waals surface area contributed by atoms with E-state index in [0.717, 1.165) is 44.2 Å². The van der Waals surface area contributed by atoms with Crippen LogP contribution in [0, 0.1) is 17.8 Å². The Balaban J connectivity index is 1.42. The van der Waals surface area contributed by atoms with E-state index in [-0.39, 0.29) is 0 Å². The molecule has 2 unspecified atom stereocenters. The van der Waals surface area contributed by atoms with Crippen molar-refractivity contribution in [3.63, 3.8) is 0 Å². The summed E-state index contributed by atoms with van der Waals surface area (Å²) in [5.74, 6) is 1.89. The molecule has 2 aliphatic rings. The normalized spacial score (nSPS) is 22.0. The molecule has 0 amide bonds. The number of piperidine rings is 1. The van der Waals surface area contributed by atoms with Crippen LogP contribution < -0.4 is 5.73 Å². The second kappa shape index (κ2) is 9.25.